The van der Waals surface area contributed by atoms with E-state index in [1.165, 1.54) is 11.8 Å². The molecule has 0 atom stereocenters. The molecule has 1 heterocycles. The Morgan fingerprint density at radius 3 is 2.35 bits per heavy atom. The van der Waals surface area contributed by atoms with Gasteiger partial charge in [0.15, 0.2) is 0 Å². The summed E-state index contributed by atoms with van der Waals surface area (Å²) in [5.74, 6) is -0.789. The van der Waals surface area contributed by atoms with Crippen LogP contribution in [0.25, 0.3) is 0 Å². The summed E-state index contributed by atoms with van der Waals surface area (Å²) < 4.78 is 0. The minimum absolute atomic E-state index is 0.189. The van der Waals surface area contributed by atoms with Crippen LogP contribution in [0.15, 0.2) is 48.5 Å². The van der Waals surface area contributed by atoms with Crippen LogP contribution in [-0.4, -0.2) is 49.4 Å². The van der Waals surface area contributed by atoms with Crippen molar-refractivity contribution in [2.45, 2.75) is 0 Å². The number of primary amides is 1. The summed E-state index contributed by atoms with van der Waals surface area (Å²) in [6.07, 6.45) is 0. The summed E-state index contributed by atoms with van der Waals surface area (Å²) in [5, 5.41) is 2.75. The average Bonchev–Trinajstić information content (AvgIpc) is 2.63. The largest absolute Gasteiger partial charge is 0.399 e. The fraction of sp³-hybridized carbons (Fsp3) is 0.263. The van der Waals surface area contributed by atoms with Gasteiger partial charge in [-0.05, 0) is 30.3 Å². The Hall–Kier alpha value is -3.06. The SMILES string of the molecule is NC(=O)c1ccc(N)cc1NC(=O)CN1CCN(c2ccccc2)CC1. The molecule has 0 spiro atoms. The average molecular weight is 353 g/mol. The molecule has 1 fully saturated rings. The number of hydrogen-bond donors (Lipinski definition) is 3. The summed E-state index contributed by atoms with van der Waals surface area (Å²) >= 11 is 0. The van der Waals surface area contributed by atoms with Gasteiger partial charge in [0.05, 0.1) is 17.8 Å². The smallest absolute Gasteiger partial charge is 0.250 e. The number of nitrogens with zero attached hydrogens (tertiary/aromatic N) is 2. The third-order valence-electron chi connectivity index (χ3n) is 4.44. The van der Waals surface area contributed by atoms with Gasteiger partial charge < -0.3 is 21.7 Å². The van der Waals surface area contributed by atoms with Crippen LogP contribution in [0.4, 0.5) is 17.1 Å². The fourth-order valence-corrected chi connectivity index (χ4v) is 3.08. The Balaban J connectivity index is 1.55. The van der Waals surface area contributed by atoms with Crippen LogP contribution in [0.1, 0.15) is 10.4 Å². The van der Waals surface area contributed by atoms with E-state index in [-0.39, 0.29) is 18.0 Å². The van der Waals surface area contributed by atoms with E-state index in [2.05, 4.69) is 27.2 Å². The van der Waals surface area contributed by atoms with Crippen molar-refractivity contribution >= 4 is 28.9 Å². The Morgan fingerprint density at radius 2 is 1.69 bits per heavy atom. The highest BCUT2D eigenvalue weighted by molar-refractivity contribution is 6.04. The standard InChI is InChI=1S/C19H23N5O2/c20-14-6-7-16(19(21)26)17(12-14)22-18(25)13-23-8-10-24(11-9-23)15-4-2-1-3-5-15/h1-7,12H,8-11,13,20H2,(H2,21,26)(H,22,25). The van der Waals surface area contributed by atoms with Gasteiger partial charge in [0, 0.05) is 37.6 Å². The van der Waals surface area contributed by atoms with Gasteiger partial charge in [-0.1, -0.05) is 18.2 Å². The van der Waals surface area contributed by atoms with Crippen molar-refractivity contribution in [2.75, 3.05) is 48.7 Å². The van der Waals surface area contributed by atoms with Crippen molar-refractivity contribution < 1.29 is 9.59 Å². The number of amides is 2. The molecule has 0 radical (unpaired) electrons. The zero-order valence-electron chi connectivity index (χ0n) is 14.5. The van der Waals surface area contributed by atoms with Crippen LogP contribution in [-0.2, 0) is 4.79 Å². The molecule has 0 aliphatic carbocycles. The van der Waals surface area contributed by atoms with Crippen molar-refractivity contribution in [3.8, 4) is 0 Å². The first kappa shape index (κ1) is 17.8. The van der Waals surface area contributed by atoms with Crippen LogP contribution < -0.4 is 21.7 Å². The van der Waals surface area contributed by atoms with Crippen molar-refractivity contribution in [3.05, 3.63) is 54.1 Å². The first-order chi connectivity index (χ1) is 12.5. The summed E-state index contributed by atoms with van der Waals surface area (Å²) in [7, 11) is 0. The Morgan fingerprint density at radius 1 is 1.00 bits per heavy atom. The van der Waals surface area contributed by atoms with Crippen LogP contribution in [0.5, 0.6) is 0 Å². The van der Waals surface area contributed by atoms with Gasteiger partial charge in [0.2, 0.25) is 5.91 Å². The molecular weight excluding hydrogens is 330 g/mol. The predicted molar refractivity (Wildman–Crippen MR) is 103 cm³/mol. The molecule has 2 aromatic carbocycles. The van der Waals surface area contributed by atoms with Gasteiger partial charge >= 0.3 is 0 Å². The zero-order chi connectivity index (χ0) is 18.5. The second kappa shape index (κ2) is 7.88. The normalized spacial score (nSPS) is 14.8. The zero-order valence-corrected chi connectivity index (χ0v) is 14.5. The first-order valence-electron chi connectivity index (χ1n) is 8.54. The number of benzene rings is 2. The topological polar surface area (TPSA) is 105 Å². The maximum atomic E-state index is 12.4. The number of rotatable bonds is 5. The first-order valence-corrected chi connectivity index (χ1v) is 8.54. The molecule has 3 rings (SSSR count). The predicted octanol–water partition coefficient (Wildman–Crippen LogP) is 1.13. The summed E-state index contributed by atoms with van der Waals surface area (Å²) in [4.78, 5) is 28.2. The lowest BCUT2D eigenvalue weighted by Gasteiger charge is -2.35. The second-order valence-electron chi connectivity index (χ2n) is 6.32. The lowest BCUT2D eigenvalue weighted by Crippen LogP contribution is -2.48. The summed E-state index contributed by atoms with van der Waals surface area (Å²) in [6.45, 7) is 3.57. The van der Waals surface area contributed by atoms with Crippen molar-refractivity contribution in [1.82, 2.24) is 4.90 Å². The van der Waals surface area contributed by atoms with Crippen LogP contribution >= 0.6 is 0 Å². The van der Waals surface area contributed by atoms with E-state index in [0.29, 0.717) is 11.4 Å². The number of hydrogen-bond acceptors (Lipinski definition) is 5. The lowest BCUT2D eigenvalue weighted by atomic mass is 10.1. The second-order valence-corrected chi connectivity index (χ2v) is 6.32. The van der Waals surface area contributed by atoms with E-state index < -0.39 is 5.91 Å². The maximum Gasteiger partial charge on any atom is 0.250 e. The van der Waals surface area contributed by atoms with Crippen molar-refractivity contribution in [2.24, 2.45) is 5.73 Å². The third kappa shape index (κ3) is 4.31. The molecule has 26 heavy (non-hydrogen) atoms. The molecule has 136 valence electrons. The number of piperazine rings is 1. The van der Waals surface area contributed by atoms with Gasteiger partial charge in [-0.15, -0.1) is 0 Å². The highest BCUT2D eigenvalue weighted by Crippen LogP contribution is 2.19. The molecule has 2 aromatic rings. The summed E-state index contributed by atoms with van der Waals surface area (Å²) in [6, 6.07) is 14.9. The van der Waals surface area contributed by atoms with E-state index in [9.17, 15) is 9.59 Å². The lowest BCUT2D eigenvalue weighted by molar-refractivity contribution is -0.117. The third-order valence-corrected chi connectivity index (χ3v) is 4.44. The molecule has 5 N–H and O–H groups in total. The number of anilines is 3. The molecule has 0 unspecified atom stereocenters. The monoisotopic (exact) mass is 353 g/mol. The maximum absolute atomic E-state index is 12.4. The van der Waals surface area contributed by atoms with Gasteiger partial charge in [-0.3, -0.25) is 14.5 Å². The number of nitrogen functional groups attached to an aromatic ring is 1. The van der Waals surface area contributed by atoms with Gasteiger partial charge in [0.1, 0.15) is 0 Å². The van der Waals surface area contributed by atoms with E-state index >= 15 is 0 Å². The van der Waals surface area contributed by atoms with E-state index in [0.717, 1.165) is 26.2 Å². The van der Waals surface area contributed by atoms with Crippen LogP contribution in [0, 0.1) is 0 Å². The number of para-hydroxylation sites is 1. The molecule has 7 nitrogen and oxygen atoms in total. The molecular formula is C19H23N5O2. The number of nitrogens with one attached hydrogen (secondary N) is 1. The number of carbonyl (C=O) groups excluding carboxylic acids is 2. The molecule has 1 saturated heterocycles. The molecule has 1 aliphatic heterocycles. The molecule has 2 amide bonds. The quantitative estimate of drug-likeness (QED) is 0.699. The van der Waals surface area contributed by atoms with E-state index in [1.807, 2.05) is 18.2 Å². The molecule has 1 aliphatic rings. The molecule has 0 aromatic heterocycles. The minimum Gasteiger partial charge on any atom is -0.399 e. The van der Waals surface area contributed by atoms with Crippen molar-refractivity contribution in [3.63, 3.8) is 0 Å². The highest BCUT2D eigenvalue weighted by atomic mass is 16.2. The van der Waals surface area contributed by atoms with Gasteiger partial charge in [0.25, 0.3) is 5.91 Å². The summed E-state index contributed by atoms with van der Waals surface area (Å²) in [5.41, 5.74) is 13.3. The molecule has 7 heteroatoms. The minimum atomic E-state index is -0.600. The van der Waals surface area contributed by atoms with Crippen LogP contribution in [0.2, 0.25) is 0 Å². The fourth-order valence-electron chi connectivity index (χ4n) is 3.08. The van der Waals surface area contributed by atoms with Gasteiger partial charge in [-0.25, -0.2) is 0 Å². The number of carbonyl (C=O) groups is 2. The van der Waals surface area contributed by atoms with Crippen LogP contribution in [0.3, 0.4) is 0 Å². The Labute approximate surface area is 152 Å². The highest BCUT2D eigenvalue weighted by Gasteiger charge is 2.20. The molecule has 0 bridgehead atoms. The van der Waals surface area contributed by atoms with Gasteiger partial charge in [-0.2, -0.15) is 0 Å². The van der Waals surface area contributed by atoms with Crippen molar-refractivity contribution in [1.29, 1.82) is 0 Å². The number of nitrogens with two attached hydrogens (primary N) is 2. The molecule has 0 saturated carbocycles. The van der Waals surface area contributed by atoms with E-state index in [4.69, 9.17) is 11.5 Å². The Bertz CT molecular complexity index is 786. The van der Waals surface area contributed by atoms with E-state index in [1.54, 1.807) is 12.1 Å². The Kier molecular flexibility index (Phi) is 5.38.